The van der Waals surface area contributed by atoms with Crippen LogP contribution in [-0.2, 0) is 24.2 Å². The van der Waals surface area contributed by atoms with E-state index in [0.29, 0.717) is 6.61 Å². The summed E-state index contributed by atoms with van der Waals surface area (Å²) in [6, 6.07) is 18.5. The lowest BCUT2D eigenvalue weighted by Crippen LogP contribution is -2.14. The number of benzene rings is 2. The van der Waals surface area contributed by atoms with Gasteiger partial charge in [-0.3, -0.25) is 0 Å². The molecule has 0 N–H and O–H groups in total. The molecule has 31 heavy (non-hydrogen) atoms. The van der Waals surface area contributed by atoms with Crippen LogP contribution in [0.2, 0.25) is 0 Å². The average Bonchev–Trinajstić information content (AvgIpc) is 2.82. The van der Waals surface area contributed by atoms with E-state index in [9.17, 15) is 0 Å². The van der Waals surface area contributed by atoms with Gasteiger partial charge < -0.3 is 4.74 Å². The quantitative estimate of drug-likeness (QED) is 0.250. The molecule has 0 atom stereocenters. The number of aryl methyl sites for hydroxylation is 2. The molecule has 3 rings (SSSR count). The Kier molecular flexibility index (Phi) is 10.1. The van der Waals surface area contributed by atoms with Crippen LogP contribution < -0.4 is 0 Å². The van der Waals surface area contributed by atoms with Gasteiger partial charge in [0, 0.05) is 0 Å². The van der Waals surface area contributed by atoms with Crippen molar-refractivity contribution in [2.45, 2.75) is 77.2 Å². The lowest BCUT2D eigenvalue weighted by molar-refractivity contribution is 0.125. The predicted octanol–water partition coefficient (Wildman–Crippen LogP) is 8.19. The normalized spacial score (nSPS) is 19.0. The second-order valence-corrected chi connectivity index (χ2v) is 9.05. The first-order valence-electron chi connectivity index (χ1n) is 12.2. The molecule has 0 aliphatic heterocycles. The van der Waals surface area contributed by atoms with E-state index in [1.54, 1.807) is 0 Å². The van der Waals surface area contributed by atoms with Crippen LogP contribution in [0.25, 0.3) is 0 Å². The third-order valence-corrected chi connectivity index (χ3v) is 6.73. The van der Waals surface area contributed by atoms with Crippen LogP contribution in [0.4, 0.5) is 0 Å². The van der Waals surface area contributed by atoms with Gasteiger partial charge in [0.15, 0.2) is 0 Å². The summed E-state index contributed by atoms with van der Waals surface area (Å²) in [6.07, 6.45) is 17.5. The fourth-order valence-electron chi connectivity index (χ4n) is 4.69. The molecule has 1 aliphatic carbocycles. The van der Waals surface area contributed by atoms with Crippen LogP contribution >= 0.6 is 0 Å². The lowest BCUT2D eigenvalue weighted by Gasteiger charge is -2.29. The topological polar surface area (TPSA) is 9.23 Å². The molecule has 1 nitrogen and oxygen atoms in total. The minimum Gasteiger partial charge on any atom is -0.376 e. The van der Waals surface area contributed by atoms with Crippen LogP contribution in [-0.4, -0.2) is 6.61 Å². The summed E-state index contributed by atoms with van der Waals surface area (Å²) in [7, 11) is 0. The van der Waals surface area contributed by atoms with Gasteiger partial charge in [0.05, 0.1) is 13.2 Å². The Morgan fingerprint density at radius 1 is 0.839 bits per heavy atom. The van der Waals surface area contributed by atoms with Gasteiger partial charge in [0.25, 0.3) is 0 Å². The maximum Gasteiger partial charge on any atom is 0.0717 e. The molecule has 0 amide bonds. The first kappa shape index (κ1) is 23.5. The van der Waals surface area contributed by atoms with Crippen molar-refractivity contribution >= 4 is 0 Å². The molecule has 1 saturated carbocycles. The highest BCUT2D eigenvalue weighted by Gasteiger charge is 2.22. The highest BCUT2D eigenvalue weighted by Crippen LogP contribution is 2.37. The molecule has 0 aromatic heterocycles. The van der Waals surface area contributed by atoms with E-state index >= 15 is 0 Å². The van der Waals surface area contributed by atoms with Gasteiger partial charge in [-0.15, -0.1) is 6.58 Å². The Balaban J connectivity index is 1.37. The zero-order chi connectivity index (χ0) is 21.7. The molecular weight excluding hydrogens is 376 g/mol. The van der Waals surface area contributed by atoms with Gasteiger partial charge in [-0.1, -0.05) is 66.8 Å². The molecular formula is C30H40O. The Labute approximate surface area is 190 Å². The van der Waals surface area contributed by atoms with Crippen molar-refractivity contribution in [1.82, 2.24) is 0 Å². The Morgan fingerprint density at radius 2 is 1.48 bits per heavy atom. The summed E-state index contributed by atoms with van der Waals surface area (Å²) in [5.41, 5.74) is 5.75. The Morgan fingerprint density at radius 3 is 2.13 bits per heavy atom. The third-order valence-electron chi connectivity index (χ3n) is 6.73. The highest BCUT2D eigenvalue weighted by molar-refractivity contribution is 5.26. The summed E-state index contributed by atoms with van der Waals surface area (Å²) in [5, 5.41) is 0. The number of ether oxygens (including phenoxy) is 1. The molecule has 166 valence electrons. The van der Waals surface area contributed by atoms with Gasteiger partial charge in [-0.25, -0.2) is 0 Å². The van der Waals surface area contributed by atoms with Crippen molar-refractivity contribution in [1.29, 1.82) is 0 Å². The van der Waals surface area contributed by atoms with Crippen molar-refractivity contribution in [3.63, 3.8) is 0 Å². The molecule has 0 heterocycles. The summed E-state index contributed by atoms with van der Waals surface area (Å²) < 4.78 is 5.68. The first-order chi connectivity index (χ1) is 15.3. The lowest BCUT2D eigenvalue weighted by atomic mass is 9.77. The van der Waals surface area contributed by atoms with E-state index < -0.39 is 0 Å². The second kappa shape index (κ2) is 13.3. The van der Waals surface area contributed by atoms with E-state index in [2.05, 4.69) is 74.2 Å². The van der Waals surface area contributed by atoms with Crippen molar-refractivity contribution in [2.75, 3.05) is 6.61 Å². The first-order valence-corrected chi connectivity index (χ1v) is 12.2. The summed E-state index contributed by atoms with van der Waals surface area (Å²) in [6.45, 7) is 7.29. The van der Waals surface area contributed by atoms with Crippen LogP contribution in [0.1, 0.15) is 80.0 Å². The molecule has 0 bridgehead atoms. The van der Waals surface area contributed by atoms with E-state index in [4.69, 9.17) is 4.74 Å². The fourth-order valence-corrected chi connectivity index (χ4v) is 4.69. The van der Waals surface area contributed by atoms with Crippen molar-refractivity contribution in [2.24, 2.45) is 5.92 Å². The molecule has 2 aromatic rings. The molecule has 1 aliphatic rings. The second-order valence-electron chi connectivity index (χ2n) is 9.05. The molecule has 0 radical (unpaired) electrons. The zero-order valence-electron chi connectivity index (χ0n) is 19.4. The third kappa shape index (κ3) is 8.15. The summed E-state index contributed by atoms with van der Waals surface area (Å²) in [5.74, 6) is 1.63. The van der Waals surface area contributed by atoms with Crippen molar-refractivity contribution in [3.8, 4) is 0 Å². The maximum absolute atomic E-state index is 5.68. The number of hydrogen-bond acceptors (Lipinski definition) is 1. The highest BCUT2D eigenvalue weighted by atomic mass is 16.5. The van der Waals surface area contributed by atoms with Crippen LogP contribution in [0.5, 0.6) is 0 Å². The van der Waals surface area contributed by atoms with Gasteiger partial charge in [-0.2, -0.15) is 0 Å². The van der Waals surface area contributed by atoms with Gasteiger partial charge in [-0.05, 0) is 98.8 Å². The maximum atomic E-state index is 5.68. The standard InChI is InChI=1S/C30H40O/c1-3-5-7-8-25-9-11-26(12-10-25)13-14-27-15-19-29(20-16-27)30-21-17-28(18-22-30)24-31-23-6-4-2/h3-5,9-12,17-18,21-22,27,29H,2,6-8,13-16,19-20,23-24H2,1H3/t27-,29-. The molecule has 1 fully saturated rings. The predicted molar refractivity (Wildman–Crippen MR) is 134 cm³/mol. The SMILES string of the molecule is C=CCCOCc1ccc([C@H]2CC[C@H](CCc3ccc(CCC=CC)cc3)CC2)cc1. The van der Waals surface area contributed by atoms with Gasteiger partial charge in [0.2, 0.25) is 0 Å². The number of allylic oxidation sites excluding steroid dienone is 2. The monoisotopic (exact) mass is 416 g/mol. The molecule has 2 aromatic carbocycles. The van der Waals surface area contributed by atoms with Crippen LogP contribution in [0, 0.1) is 5.92 Å². The molecule has 1 heteroatoms. The van der Waals surface area contributed by atoms with E-state index in [-0.39, 0.29) is 0 Å². The van der Waals surface area contributed by atoms with Gasteiger partial charge in [0.1, 0.15) is 0 Å². The molecule has 0 unspecified atom stereocenters. The van der Waals surface area contributed by atoms with Crippen molar-refractivity contribution in [3.05, 3.63) is 95.6 Å². The fraction of sp³-hybridized carbons (Fsp3) is 0.467. The van der Waals surface area contributed by atoms with E-state index in [0.717, 1.165) is 37.7 Å². The Bertz CT molecular complexity index is 776. The van der Waals surface area contributed by atoms with E-state index in [1.807, 2.05) is 6.08 Å². The Hall–Kier alpha value is -2.12. The van der Waals surface area contributed by atoms with Crippen LogP contribution in [0.15, 0.2) is 73.3 Å². The number of hydrogen-bond donors (Lipinski definition) is 0. The zero-order valence-corrected chi connectivity index (χ0v) is 19.4. The number of rotatable bonds is 12. The largest absolute Gasteiger partial charge is 0.376 e. The summed E-state index contributed by atoms with van der Waals surface area (Å²) >= 11 is 0. The minimum absolute atomic E-state index is 0.706. The van der Waals surface area contributed by atoms with Crippen molar-refractivity contribution < 1.29 is 4.74 Å². The van der Waals surface area contributed by atoms with Crippen LogP contribution in [0.3, 0.4) is 0 Å². The minimum atomic E-state index is 0.706. The van der Waals surface area contributed by atoms with Gasteiger partial charge >= 0.3 is 0 Å². The van der Waals surface area contributed by atoms with E-state index in [1.165, 1.54) is 60.8 Å². The smallest absolute Gasteiger partial charge is 0.0717 e. The molecule has 0 saturated heterocycles. The summed E-state index contributed by atoms with van der Waals surface area (Å²) in [4.78, 5) is 0. The molecule has 0 spiro atoms. The average molecular weight is 417 g/mol.